The van der Waals surface area contributed by atoms with E-state index in [-0.39, 0.29) is 10.9 Å². The lowest BCUT2D eigenvalue weighted by molar-refractivity contribution is 0.203. The summed E-state index contributed by atoms with van der Waals surface area (Å²) in [5, 5.41) is 0.786. The summed E-state index contributed by atoms with van der Waals surface area (Å²) in [6.07, 6.45) is 0.962. The first-order valence-corrected chi connectivity index (χ1v) is 15.4. The van der Waals surface area contributed by atoms with Crippen molar-refractivity contribution in [2.24, 2.45) is 0 Å². The lowest BCUT2D eigenvalue weighted by Crippen LogP contribution is -2.44. The van der Waals surface area contributed by atoms with Gasteiger partial charge in [0, 0.05) is 24.9 Å². The van der Waals surface area contributed by atoms with E-state index >= 15 is 0 Å². The summed E-state index contributed by atoms with van der Waals surface area (Å²) in [7, 11) is -7.86. The second kappa shape index (κ2) is 9.65. The Kier molecular flexibility index (Phi) is 6.55. The quantitative estimate of drug-likeness (QED) is 0.342. The molecule has 1 fully saturated rings. The van der Waals surface area contributed by atoms with Gasteiger partial charge in [-0.05, 0) is 27.5 Å². The molecule has 5 rings (SSSR count). The van der Waals surface area contributed by atoms with Gasteiger partial charge in [-0.2, -0.15) is 0 Å². The molecule has 0 atom stereocenters. The highest BCUT2D eigenvalue weighted by atomic mass is 32.3. The fourth-order valence-corrected chi connectivity index (χ4v) is 8.81. The molecule has 0 amide bonds. The summed E-state index contributed by atoms with van der Waals surface area (Å²) in [5.41, 5.74) is 3.52. The average Bonchev–Trinajstić information content (AvgIpc) is 2.82. The van der Waals surface area contributed by atoms with Crippen molar-refractivity contribution in [3.05, 3.63) is 125 Å². The van der Waals surface area contributed by atoms with Crippen LogP contribution in [0.5, 0.6) is 0 Å². The molecule has 0 bridgehead atoms. The van der Waals surface area contributed by atoms with Crippen molar-refractivity contribution in [1.82, 2.24) is 4.90 Å². The summed E-state index contributed by atoms with van der Waals surface area (Å²) in [6.45, 7) is 0.853. The smallest absolute Gasteiger partial charge is 0.193 e. The fourth-order valence-electron chi connectivity index (χ4n) is 5.00. The van der Waals surface area contributed by atoms with Crippen LogP contribution in [0, 0.1) is 0 Å². The van der Waals surface area contributed by atoms with Crippen LogP contribution in [0.2, 0.25) is 0 Å². The van der Waals surface area contributed by atoms with Crippen molar-refractivity contribution in [3.8, 4) is 0 Å². The van der Waals surface area contributed by atoms with Crippen LogP contribution in [0.4, 0.5) is 0 Å². The summed E-state index contributed by atoms with van der Waals surface area (Å²) >= 11 is 0. The molecule has 5 nitrogen and oxygen atoms in total. The van der Waals surface area contributed by atoms with E-state index in [9.17, 15) is 16.8 Å². The van der Waals surface area contributed by atoms with Gasteiger partial charge in [-0.3, -0.25) is 4.90 Å². The van der Waals surface area contributed by atoms with Gasteiger partial charge in [0.1, 0.15) is 0 Å². The van der Waals surface area contributed by atoms with Crippen LogP contribution in [0.15, 0.2) is 109 Å². The van der Waals surface area contributed by atoms with Gasteiger partial charge in [0.05, 0.1) is 10.9 Å². The molecule has 0 N–H and O–H groups in total. The van der Waals surface area contributed by atoms with Crippen LogP contribution in [0.25, 0.3) is 15.7 Å². The lowest BCUT2D eigenvalue weighted by Gasteiger charge is -2.42. The second-order valence-electron chi connectivity index (χ2n) is 9.25. The zero-order chi connectivity index (χ0) is 25.3. The van der Waals surface area contributed by atoms with Gasteiger partial charge in [-0.25, -0.2) is 16.8 Å². The van der Waals surface area contributed by atoms with Crippen molar-refractivity contribution in [2.75, 3.05) is 24.4 Å². The highest BCUT2D eigenvalue weighted by Crippen LogP contribution is 2.40. The Balaban J connectivity index is 1.62. The summed E-state index contributed by atoms with van der Waals surface area (Å²) in [6, 6.07) is 33.3. The first kappa shape index (κ1) is 24.4. The minimum absolute atomic E-state index is 0.0393. The van der Waals surface area contributed by atoms with Crippen LogP contribution in [-0.2, 0) is 19.7 Å². The molecule has 0 aromatic heterocycles. The maximum Gasteiger partial charge on any atom is 0.193 e. The molecule has 184 valence electrons. The molecular weight excluding hydrogens is 490 g/mol. The highest BCUT2D eigenvalue weighted by molar-refractivity contribution is 8.12. The van der Waals surface area contributed by atoms with E-state index < -0.39 is 24.8 Å². The largest absolute Gasteiger partial charge is 0.284 e. The third-order valence-corrected chi connectivity index (χ3v) is 10.5. The van der Waals surface area contributed by atoms with Crippen molar-refractivity contribution in [3.63, 3.8) is 0 Å². The van der Waals surface area contributed by atoms with Gasteiger partial charge in [0.25, 0.3) is 0 Å². The number of hydrogen-bond acceptors (Lipinski definition) is 5. The Morgan fingerprint density at radius 2 is 1.25 bits per heavy atom. The zero-order valence-electron chi connectivity index (χ0n) is 19.9. The van der Waals surface area contributed by atoms with E-state index in [2.05, 4.69) is 29.2 Å². The van der Waals surface area contributed by atoms with Crippen LogP contribution < -0.4 is 0 Å². The molecule has 4 aromatic carbocycles. The third kappa shape index (κ3) is 5.00. The highest BCUT2D eigenvalue weighted by Gasteiger charge is 2.37. The Labute approximate surface area is 212 Å². The van der Waals surface area contributed by atoms with Crippen molar-refractivity contribution in [1.29, 1.82) is 0 Å². The van der Waals surface area contributed by atoms with Gasteiger partial charge in [-0.1, -0.05) is 103 Å². The second-order valence-corrected chi connectivity index (χ2v) is 13.7. The molecule has 0 saturated carbocycles. The molecule has 1 heterocycles. The maximum atomic E-state index is 13.6. The van der Waals surface area contributed by atoms with E-state index in [4.69, 9.17) is 0 Å². The first-order valence-electron chi connectivity index (χ1n) is 11.7. The van der Waals surface area contributed by atoms with E-state index in [0.717, 1.165) is 33.7 Å². The molecule has 1 aliphatic heterocycles. The Bertz CT molecular complexity index is 1590. The SMILES string of the molecule is CS(=O)(=O)CS(=O)(=O)C(=C1CN(C(c2ccccc2)c2ccccc2)C1)c1cccc2ccccc12. The predicted molar refractivity (Wildman–Crippen MR) is 146 cm³/mol. The van der Waals surface area contributed by atoms with Gasteiger partial charge in [-0.15, -0.1) is 0 Å². The monoisotopic (exact) mass is 517 g/mol. The van der Waals surface area contributed by atoms with E-state index in [1.807, 2.05) is 72.8 Å². The number of fused-ring (bicyclic) bond motifs is 1. The number of benzene rings is 4. The number of nitrogens with zero attached hydrogens (tertiary/aromatic N) is 1. The Morgan fingerprint density at radius 1 is 0.722 bits per heavy atom. The van der Waals surface area contributed by atoms with Crippen molar-refractivity contribution < 1.29 is 16.8 Å². The van der Waals surface area contributed by atoms with Crippen LogP contribution in [0.1, 0.15) is 22.7 Å². The molecule has 1 aliphatic rings. The molecule has 0 aliphatic carbocycles. The van der Waals surface area contributed by atoms with Gasteiger partial charge < -0.3 is 0 Å². The Hall–Kier alpha value is -3.26. The fraction of sp³-hybridized carbons (Fsp3) is 0.172. The summed E-state index contributed by atoms with van der Waals surface area (Å²) < 4.78 is 51.4. The molecule has 0 radical (unpaired) electrons. The summed E-state index contributed by atoms with van der Waals surface area (Å²) in [4.78, 5) is 2.36. The number of rotatable bonds is 7. The molecule has 0 spiro atoms. The third-order valence-electron chi connectivity index (χ3n) is 6.42. The minimum atomic E-state index is -4.10. The zero-order valence-corrected chi connectivity index (χ0v) is 21.5. The predicted octanol–water partition coefficient (Wildman–Crippen LogP) is 5.07. The normalized spacial score (nSPS) is 14.7. The van der Waals surface area contributed by atoms with Crippen molar-refractivity contribution >= 4 is 35.4 Å². The molecular formula is C29H27NO4S2. The van der Waals surface area contributed by atoms with E-state index in [0.29, 0.717) is 18.7 Å². The molecule has 4 aromatic rings. The van der Waals surface area contributed by atoms with Crippen LogP contribution >= 0.6 is 0 Å². The number of hydrogen-bond donors (Lipinski definition) is 0. The van der Waals surface area contributed by atoms with Gasteiger partial charge in [0.2, 0.25) is 0 Å². The average molecular weight is 518 g/mol. The number of sulfone groups is 2. The van der Waals surface area contributed by atoms with E-state index in [1.54, 1.807) is 6.07 Å². The number of likely N-dealkylation sites (tertiary alicyclic amines) is 1. The standard InChI is InChI=1S/C29H27NO4S2/c1-35(31,32)21-36(33,34)29(27-18-10-16-22-11-8-9-17-26(22)27)25-19-30(20-25)28(23-12-4-2-5-13-23)24-14-6-3-7-15-24/h2-18,28H,19-21H2,1H3. The maximum absolute atomic E-state index is 13.6. The van der Waals surface area contributed by atoms with Crippen molar-refractivity contribution in [2.45, 2.75) is 6.04 Å². The van der Waals surface area contributed by atoms with Gasteiger partial charge >= 0.3 is 0 Å². The summed E-state index contributed by atoms with van der Waals surface area (Å²) in [5.74, 6) is 0. The molecule has 0 unspecified atom stereocenters. The minimum Gasteiger partial charge on any atom is -0.284 e. The topological polar surface area (TPSA) is 71.5 Å². The molecule has 1 saturated heterocycles. The Morgan fingerprint density at radius 3 is 1.83 bits per heavy atom. The first-order chi connectivity index (χ1) is 17.2. The van der Waals surface area contributed by atoms with Crippen LogP contribution in [-0.4, -0.2) is 46.2 Å². The van der Waals surface area contributed by atoms with Crippen LogP contribution in [0.3, 0.4) is 0 Å². The lowest BCUT2D eigenvalue weighted by atomic mass is 9.91. The molecule has 7 heteroatoms. The van der Waals surface area contributed by atoms with Gasteiger partial charge in [0.15, 0.2) is 24.8 Å². The molecule has 36 heavy (non-hydrogen) atoms. The van der Waals surface area contributed by atoms with E-state index in [1.165, 1.54) is 0 Å².